The maximum absolute atomic E-state index is 13.1. The van der Waals surface area contributed by atoms with E-state index < -0.39 is 0 Å². The third-order valence-electron chi connectivity index (χ3n) is 8.72. The molecule has 0 aliphatic carbocycles. The van der Waals surface area contributed by atoms with Crippen LogP contribution in [0.3, 0.4) is 0 Å². The van der Waals surface area contributed by atoms with Crippen LogP contribution in [0, 0.1) is 6.92 Å². The monoisotopic (exact) mass is 696 g/mol. The summed E-state index contributed by atoms with van der Waals surface area (Å²) in [5.41, 5.74) is 8.70. The van der Waals surface area contributed by atoms with Crippen LogP contribution in [-0.2, 0) is 14.2 Å². The summed E-state index contributed by atoms with van der Waals surface area (Å²) >= 11 is 0. The first-order valence-corrected chi connectivity index (χ1v) is 18.3. The Kier molecular flexibility index (Phi) is 15.9. The van der Waals surface area contributed by atoms with E-state index in [4.69, 9.17) is 14.2 Å². The lowest BCUT2D eigenvalue weighted by molar-refractivity contribution is 0.0489. The summed E-state index contributed by atoms with van der Waals surface area (Å²) in [6, 6.07) is 28.1. The molecule has 4 aromatic rings. The van der Waals surface area contributed by atoms with Crippen LogP contribution in [0.15, 0.2) is 129 Å². The highest BCUT2D eigenvalue weighted by molar-refractivity contribution is 5.93. The molecule has 0 aliphatic heterocycles. The summed E-state index contributed by atoms with van der Waals surface area (Å²) in [6.07, 6.45) is 13.8. The Morgan fingerprint density at radius 3 is 1.29 bits per heavy atom. The second kappa shape index (κ2) is 21.1. The second-order valence-electron chi connectivity index (χ2n) is 12.9. The average molecular weight is 697 g/mol. The number of hydrogen-bond acceptors (Lipinski definition) is 5. The van der Waals surface area contributed by atoms with Gasteiger partial charge in [0.25, 0.3) is 0 Å². The van der Waals surface area contributed by atoms with Gasteiger partial charge in [-0.1, -0.05) is 79.4 Å². The molecule has 0 aromatic heterocycles. The van der Waals surface area contributed by atoms with Crippen LogP contribution in [0.5, 0.6) is 0 Å². The number of ether oxygens (including phenoxy) is 3. The lowest BCUT2D eigenvalue weighted by atomic mass is 9.95. The Labute approximate surface area is 310 Å². The van der Waals surface area contributed by atoms with E-state index in [9.17, 15) is 9.59 Å². The Balaban J connectivity index is 1.50. The second-order valence-corrected chi connectivity index (χ2v) is 12.9. The molecule has 52 heavy (non-hydrogen) atoms. The molecule has 0 heterocycles. The van der Waals surface area contributed by atoms with Crippen LogP contribution in [0.2, 0.25) is 0 Å². The summed E-state index contributed by atoms with van der Waals surface area (Å²) in [4.78, 5) is 25.9. The van der Waals surface area contributed by atoms with Crippen LogP contribution >= 0.6 is 0 Å². The van der Waals surface area contributed by atoms with Gasteiger partial charge in [0, 0.05) is 5.56 Å². The van der Waals surface area contributed by atoms with Crippen molar-refractivity contribution < 1.29 is 23.8 Å². The Bertz CT molecular complexity index is 1770. The van der Waals surface area contributed by atoms with Crippen molar-refractivity contribution in [3.63, 3.8) is 0 Å². The molecule has 4 aromatic carbocycles. The fourth-order valence-corrected chi connectivity index (χ4v) is 5.80. The number of carbonyl (C=O) groups is 2. The van der Waals surface area contributed by atoms with E-state index in [1.807, 2.05) is 49.4 Å². The van der Waals surface area contributed by atoms with Crippen molar-refractivity contribution in [2.75, 3.05) is 19.8 Å². The molecule has 0 spiro atoms. The quantitative estimate of drug-likeness (QED) is 0.0354. The first kappa shape index (κ1) is 39.4. The highest BCUT2D eigenvalue weighted by atomic mass is 16.5. The van der Waals surface area contributed by atoms with Gasteiger partial charge in [0.05, 0.1) is 30.9 Å². The predicted molar refractivity (Wildman–Crippen MR) is 215 cm³/mol. The Morgan fingerprint density at radius 2 is 0.846 bits per heavy atom. The van der Waals surface area contributed by atoms with E-state index in [1.54, 1.807) is 6.07 Å². The van der Waals surface area contributed by atoms with Gasteiger partial charge < -0.3 is 14.2 Å². The van der Waals surface area contributed by atoms with Gasteiger partial charge in [-0.25, -0.2) is 9.59 Å². The molecular formula is C47H52O5. The zero-order valence-corrected chi connectivity index (χ0v) is 30.7. The van der Waals surface area contributed by atoms with Crippen molar-refractivity contribution >= 4 is 17.7 Å². The normalized spacial score (nSPS) is 10.6. The minimum atomic E-state index is -0.367. The molecular weight excluding hydrogens is 645 g/mol. The summed E-state index contributed by atoms with van der Waals surface area (Å²) in [6.45, 7) is 18.7. The molecule has 0 bridgehead atoms. The summed E-state index contributed by atoms with van der Waals surface area (Å²) in [7, 11) is 0. The summed E-state index contributed by atoms with van der Waals surface area (Å²) in [5.74, 6) is -0.145. The van der Waals surface area contributed by atoms with Crippen molar-refractivity contribution in [2.45, 2.75) is 64.7 Å². The molecule has 0 unspecified atom stereocenters. The zero-order chi connectivity index (χ0) is 37.1. The Hall–Kier alpha value is -5.42. The van der Waals surface area contributed by atoms with Crippen LogP contribution in [0.1, 0.15) is 89.6 Å². The third-order valence-corrected chi connectivity index (χ3v) is 8.72. The molecule has 0 saturated heterocycles. The molecule has 4 rings (SSSR count). The molecule has 0 amide bonds. The number of aryl methyl sites for hydroxylation is 1. The maximum Gasteiger partial charge on any atom is 0.338 e. The van der Waals surface area contributed by atoms with Crippen molar-refractivity contribution in [2.24, 2.45) is 0 Å². The van der Waals surface area contributed by atoms with Gasteiger partial charge in [-0.15, -0.1) is 19.7 Å². The molecule has 0 atom stereocenters. The van der Waals surface area contributed by atoms with Crippen LogP contribution in [-0.4, -0.2) is 31.8 Å². The number of allylic oxidation sites excluding steroid dienone is 3. The fourth-order valence-electron chi connectivity index (χ4n) is 5.80. The molecule has 0 saturated carbocycles. The summed E-state index contributed by atoms with van der Waals surface area (Å²) in [5, 5.41) is 0. The van der Waals surface area contributed by atoms with E-state index in [1.165, 1.54) is 0 Å². The van der Waals surface area contributed by atoms with Crippen molar-refractivity contribution in [3.8, 4) is 33.4 Å². The first-order valence-electron chi connectivity index (χ1n) is 18.3. The predicted octanol–water partition coefficient (Wildman–Crippen LogP) is 12.4. The number of unbranched alkanes of at least 4 members (excludes halogenated alkanes) is 6. The minimum Gasteiger partial charge on any atom is -0.494 e. The smallest absolute Gasteiger partial charge is 0.338 e. The molecule has 0 aliphatic rings. The number of benzene rings is 4. The molecule has 0 N–H and O–H groups in total. The molecule has 0 fully saturated rings. The van der Waals surface area contributed by atoms with E-state index in [0.29, 0.717) is 36.7 Å². The van der Waals surface area contributed by atoms with Gasteiger partial charge in [-0.3, -0.25) is 0 Å². The Morgan fingerprint density at radius 1 is 0.481 bits per heavy atom. The van der Waals surface area contributed by atoms with Crippen LogP contribution in [0.25, 0.3) is 39.1 Å². The highest BCUT2D eigenvalue weighted by Gasteiger charge is 2.15. The number of carbonyl (C=O) groups excluding carboxylic acids is 2. The minimum absolute atomic E-state index is 0.301. The largest absolute Gasteiger partial charge is 0.494 e. The van der Waals surface area contributed by atoms with Crippen LogP contribution < -0.4 is 0 Å². The maximum atomic E-state index is 13.1. The number of hydrogen-bond donors (Lipinski definition) is 0. The SMILES string of the molecule is C=CCCCCOC(=C)c1cc(C(=O)OCCCCC=C)cc(-c2ccc(-c3ccc(-c4cc(C)cc(C(=O)OCCCCC=C)c4)cc3)cc2)c1. The topological polar surface area (TPSA) is 61.8 Å². The van der Waals surface area contributed by atoms with Gasteiger partial charge in [-0.2, -0.15) is 0 Å². The van der Waals surface area contributed by atoms with Crippen LogP contribution in [0.4, 0.5) is 0 Å². The average Bonchev–Trinajstić information content (AvgIpc) is 3.17. The first-order chi connectivity index (χ1) is 25.3. The summed E-state index contributed by atoms with van der Waals surface area (Å²) < 4.78 is 17.1. The molecule has 0 radical (unpaired) electrons. The fraction of sp³-hybridized carbons (Fsp3) is 0.277. The van der Waals surface area contributed by atoms with Crippen molar-refractivity contribution in [1.29, 1.82) is 0 Å². The number of esters is 2. The molecule has 5 heteroatoms. The third kappa shape index (κ3) is 12.1. The van der Waals surface area contributed by atoms with Gasteiger partial charge in [0.1, 0.15) is 5.76 Å². The van der Waals surface area contributed by atoms with Gasteiger partial charge >= 0.3 is 11.9 Å². The lowest BCUT2D eigenvalue weighted by Crippen LogP contribution is -2.07. The van der Waals surface area contributed by atoms with E-state index in [0.717, 1.165) is 102 Å². The van der Waals surface area contributed by atoms with Gasteiger partial charge in [-0.05, 0) is 134 Å². The van der Waals surface area contributed by atoms with E-state index in [-0.39, 0.29) is 11.9 Å². The van der Waals surface area contributed by atoms with Gasteiger partial charge in [0.15, 0.2) is 0 Å². The molecule has 5 nitrogen and oxygen atoms in total. The van der Waals surface area contributed by atoms with E-state index in [2.05, 4.69) is 80.9 Å². The lowest BCUT2D eigenvalue weighted by Gasteiger charge is -2.14. The van der Waals surface area contributed by atoms with Gasteiger partial charge in [0.2, 0.25) is 0 Å². The molecule has 270 valence electrons. The number of rotatable bonds is 22. The van der Waals surface area contributed by atoms with Crippen molar-refractivity contribution in [3.05, 3.63) is 152 Å². The van der Waals surface area contributed by atoms with Crippen molar-refractivity contribution in [1.82, 2.24) is 0 Å². The van der Waals surface area contributed by atoms with E-state index >= 15 is 0 Å². The standard InChI is InChI=1S/C47H52O5/c1-6-9-12-15-26-50-36(5)41-31-43(34-45(32-41)47(49)52-28-17-14-11-8-3)40-24-20-38(21-25-40)37-18-22-39(23-19-37)42-29-35(4)30-44(33-42)46(48)51-27-16-13-10-7-2/h6-8,18-25,29-34H,1-3,5,9-17,26-28H2,4H3. The highest BCUT2D eigenvalue weighted by Crippen LogP contribution is 2.31. The zero-order valence-electron chi connectivity index (χ0n) is 30.7.